The number of pyridine rings is 1. The van der Waals surface area contributed by atoms with E-state index in [1.807, 2.05) is 38.1 Å². The minimum atomic E-state index is -1.09. The Morgan fingerprint density at radius 3 is 2.34 bits per heavy atom. The Bertz CT molecular complexity index is 1080. The Kier molecular flexibility index (Phi) is 8.99. The van der Waals surface area contributed by atoms with Crippen LogP contribution >= 0.6 is 0 Å². The summed E-state index contributed by atoms with van der Waals surface area (Å²) in [5.41, 5.74) is 6.52. The number of carbonyl (C=O) groups excluding carboxylic acids is 2. The lowest BCUT2D eigenvalue weighted by atomic mass is 9.94. The third-order valence-electron chi connectivity index (χ3n) is 8.02. The number of benzene rings is 1. The number of nitrogens with two attached hydrogens (primary N) is 1. The maximum Gasteiger partial charge on any atom is 0.254 e. The van der Waals surface area contributed by atoms with Crippen LogP contribution in [-0.2, 0) is 4.79 Å². The molecular weight excluding hydrogens is 487 g/mol. The second kappa shape index (κ2) is 12.2. The highest BCUT2D eigenvalue weighted by molar-refractivity contribution is 5.98. The molecule has 2 aliphatic rings. The van der Waals surface area contributed by atoms with Crippen LogP contribution in [0.2, 0.25) is 0 Å². The number of amides is 2. The second-order valence-corrected chi connectivity index (χ2v) is 10.6. The van der Waals surface area contributed by atoms with Gasteiger partial charge in [-0.15, -0.1) is 0 Å². The summed E-state index contributed by atoms with van der Waals surface area (Å²) in [7, 11) is 0. The van der Waals surface area contributed by atoms with Gasteiger partial charge in [0.2, 0.25) is 11.8 Å². The van der Waals surface area contributed by atoms with Gasteiger partial charge < -0.3 is 25.4 Å². The van der Waals surface area contributed by atoms with Crippen molar-refractivity contribution in [3.8, 4) is 17.0 Å². The van der Waals surface area contributed by atoms with Gasteiger partial charge in [0.15, 0.2) is 0 Å². The van der Waals surface area contributed by atoms with Crippen LogP contribution in [0.5, 0.6) is 5.88 Å². The van der Waals surface area contributed by atoms with Crippen LogP contribution in [0.3, 0.4) is 0 Å². The summed E-state index contributed by atoms with van der Waals surface area (Å²) in [5.74, 6) is 0.0512. The van der Waals surface area contributed by atoms with Crippen molar-refractivity contribution >= 4 is 11.8 Å². The number of likely N-dealkylation sites (tertiary alicyclic amines) is 2. The molecular formula is C29H39FN4O4. The normalized spacial score (nSPS) is 21.0. The molecule has 2 fully saturated rings. The summed E-state index contributed by atoms with van der Waals surface area (Å²) >= 11 is 0. The van der Waals surface area contributed by atoms with Gasteiger partial charge >= 0.3 is 0 Å². The van der Waals surface area contributed by atoms with E-state index in [1.54, 1.807) is 18.3 Å². The van der Waals surface area contributed by atoms with E-state index < -0.39 is 23.7 Å². The van der Waals surface area contributed by atoms with E-state index in [2.05, 4.69) is 9.88 Å². The maximum absolute atomic E-state index is 14.7. The van der Waals surface area contributed by atoms with Gasteiger partial charge in [0.1, 0.15) is 11.7 Å². The first kappa shape index (κ1) is 28.0. The number of rotatable bonds is 10. The van der Waals surface area contributed by atoms with Crippen molar-refractivity contribution in [3.05, 3.63) is 48.2 Å². The van der Waals surface area contributed by atoms with Gasteiger partial charge in [0.05, 0.1) is 12.7 Å². The van der Waals surface area contributed by atoms with Crippen molar-refractivity contribution in [1.29, 1.82) is 0 Å². The average Bonchev–Trinajstić information content (AvgIpc) is 3.34. The Balaban J connectivity index is 1.27. The maximum atomic E-state index is 14.7. The minimum Gasteiger partial charge on any atom is -0.477 e. The number of primary amides is 1. The van der Waals surface area contributed by atoms with E-state index >= 15 is 0 Å². The molecule has 2 atom stereocenters. The molecule has 0 radical (unpaired) electrons. The van der Waals surface area contributed by atoms with Gasteiger partial charge in [-0.2, -0.15) is 0 Å². The molecule has 1 aromatic carbocycles. The molecule has 2 aromatic rings. The molecule has 0 spiro atoms. The number of alkyl halides is 1. The van der Waals surface area contributed by atoms with Crippen LogP contribution in [0.4, 0.5) is 4.39 Å². The minimum absolute atomic E-state index is 0.0920. The molecule has 1 aromatic heterocycles. The average molecular weight is 527 g/mol. The van der Waals surface area contributed by atoms with Gasteiger partial charge in [-0.25, -0.2) is 9.37 Å². The number of piperidine rings is 1. The number of aromatic nitrogens is 1. The van der Waals surface area contributed by atoms with Crippen molar-refractivity contribution in [1.82, 2.24) is 14.8 Å². The van der Waals surface area contributed by atoms with E-state index in [4.69, 9.17) is 10.5 Å². The highest BCUT2D eigenvalue weighted by Gasteiger charge is 2.38. The first-order valence-electron chi connectivity index (χ1n) is 13.6. The van der Waals surface area contributed by atoms with Gasteiger partial charge in [0.25, 0.3) is 5.91 Å². The van der Waals surface area contributed by atoms with Gasteiger partial charge in [-0.1, -0.05) is 26.0 Å². The van der Waals surface area contributed by atoms with E-state index in [9.17, 15) is 19.1 Å². The standard InChI is InChI=1S/C29H39FN4O4/c1-3-29(30,4-2)19-33-13-11-20(12-14-33)18-38-26-10-9-23(16-32-26)21-5-7-22(8-6-21)28(37)34-17-24(35)15-25(34)27(31)36/h5-10,16,20,24-25,35H,3-4,11-15,17-19H2,1-2H3,(H2,31,36)/t24-,25+/m1/s1. The van der Waals surface area contributed by atoms with Crippen LogP contribution in [0.25, 0.3) is 11.1 Å². The molecule has 0 unspecified atom stereocenters. The zero-order chi connectivity index (χ0) is 27.3. The first-order valence-corrected chi connectivity index (χ1v) is 13.6. The monoisotopic (exact) mass is 526 g/mol. The molecule has 8 nitrogen and oxygen atoms in total. The van der Waals surface area contributed by atoms with E-state index in [1.165, 1.54) is 4.90 Å². The Morgan fingerprint density at radius 2 is 1.76 bits per heavy atom. The van der Waals surface area contributed by atoms with Crippen molar-refractivity contribution in [2.75, 3.05) is 32.8 Å². The predicted molar refractivity (Wildman–Crippen MR) is 143 cm³/mol. The molecule has 0 saturated carbocycles. The number of β-amino-alcohol motifs (C(OH)–C–C–N with tert-alkyl or cyclic N) is 1. The van der Waals surface area contributed by atoms with Gasteiger partial charge in [0, 0.05) is 42.9 Å². The van der Waals surface area contributed by atoms with Crippen LogP contribution in [-0.4, -0.2) is 82.3 Å². The molecule has 206 valence electrons. The molecule has 0 aliphatic carbocycles. The number of carbonyl (C=O) groups is 2. The molecule has 0 bridgehead atoms. The smallest absolute Gasteiger partial charge is 0.254 e. The lowest BCUT2D eigenvalue weighted by Crippen LogP contribution is -2.44. The summed E-state index contributed by atoms with van der Waals surface area (Å²) in [6, 6.07) is 10.0. The number of hydrogen-bond donors (Lipinski definition) is 2. The summed E-state index contributed by atoms with van der Waals surface area (Å²) in [6.07, 6.45) is 4.24. The number of ether oxygens (including phenoxy) is 1. The van der Waals surface area contributed by atoms with Gasteiger partial charge in [-0.05, 0) is 68.5 Å². The molecule has 2 amide bonds. The van der Waals surface area contributed by atoms with Crippen LogP contribution in [0.1, 0.15) is 56.3 Å². The van der Waals surface area contributed by atoms with Gasteiger partial charge in [-0.3, -0.25) is 9.59 Å². The molecule has 4 rings (SSSR count). The molecule has 9 heteroatoms. The van der Waals surface area contributed by atoms with Crippen molar-refractivity contribution in [2.24, 2.45) is 11.7 Å². The van der Waals surface area contributed by atoms with Crippen LogP contribution in [0, 0.1) is 5.92 Å². The van der Waals surface area contributed by atoms with E-state index in [0.29, 0.717) is 43.4 Å². The molecule has 3 heterocycles. The highest BCUT2D eigenvalue weighted by atomic mass is 19.1. The van der Waals surface area contributed by atoms with Crippen molar-refractivity contribution < 1.29 is 23.8 Å². The first-order chi connectivity index (χ1) is 18.2. The lowest BCUT2D eigenvalue weighted by molar-refractivity contribution is -0.121. The zero-order valence-corrected chi connectivity index (χ0v) is 22.3. The van der Waals surface area contributed by atoms with Crippen LogP contribution in [0.15, 0.2) is 42.6 Å². The summed E-state index contributed by atoms with van der Waals surface area (Å²) in [5, 5.41) is 9.87. The second-order valence-electron chi connectivity index (χ2n) is 10.6. The Labute approximate surface area is 224 Å². The van der Waals surface area contributed by atoms with E-state index in [0.717, 1.165) is 37.1 Å². The topological polar surface area (TPSA) is 109 Å². The fourth-order valence-electron chi connectivity index (χ4n) is 5.30. The number of halogens is 1. The van der Waals surface area contributed by atoms with Crippen molar-refractivity contribution in [2.45, 2.75) is 63.8 Å². The summed E-state index contributed by atoms with van der Waals surface area (Å²) in [4.78, 5) is 32.5. The third kappa shape index (κ3) is 6.69. The molecule has 38 heavy (non-hydrogen) atoms. The number of aliphatic hydroxyl groups excluding tert-OH is 1. The molecule has 2 aliphatic heterocycles. The Morgan fingerprint density at radius 1 is 1.11 bits per heavy atom. The summed E-state index contributed by atoms with van der Waals surface area (Å²) in [6.45, 7) is 6.83. The third-order valence-corrected chi connectivity index (χ3v) is 8.02. The lowest BCUT2D eigenvalue weighted by Gasteiger charge is -2.36. The van der Waals surface area contributed by atoms with Crippen molar-refractivity contribution in [3.63, 3.8) is 0 Å². The summed E-state index contributed by atoms with van der Waals surface area (Å²) < 4.78 is 20.7. The quantitative estimate of drug-likeness (QED) is 0.491. The van der Waals surface area contributed by atoms with Crippen LogP contribution < -0.4 is 10.5 Å². The van der Waals surface area contributed by atoms with E-state index in [-0.39, 0.29) is 18.9 Å². The predicted octanol–water partition coefficient (Wildman–Crippen LogP) is 3.43. The number of nitrogens with zero attached hydrogens (tertiary/aromatic N) is 3. The number of aliphatic hydroxyl groups is 1. The fourth-order valence-corrected chi connectivity index (χ4v) is 5.30. The zero-order valence-electron chi connectivity index (χ0n) is 22.3. The Hall–Kier alpha value is -3.04. The SMILES string of the molecule is CCC(F)(CC)CN1CCC(COc2ccc(-c3ccc(C(=O)N4C[C@H](O)C[C@H]4C(N)=O)cc3)cn2)CC1. The molecule has 3 N–H and O–H groups in total. The number of hydrogen-bond acceptors (Lipinski definition) is 6. The largest absolute Gasteiger partial charge is 0.477 e. The molecule has 2 saturated heterocycles. The highest BCUT2D eigenvalue weighted by Crippen LogP contribution is 2.27. The fraction of sp³-hybridized carbons (Fsp3) is 0.552.